The summed E-state index contributed by atoms with van der Waals surface area (Å²) in [5.41, 5.74) is 0. The highest BCUT2D eigenvalue weighted by atomic mass is 16.7. The van der Waals surface area contributed by atoms with Crippen LogP contribution in [-0.4, -0.2) is 55.4 Å². The summed E-state index contributed by atoms with van der Waals surface area (Å²) in [6.07, 6.45) is 12.2. The zero-order valence-electron chi connectivity index (χ0n) is 20.1. The largest absolute Gasteiger partial charge is 0.469 e. The number of methoxy groups -OCH3 is 1. The third kappa shape index (κ3) is 8.49. The maximum absolute atomic E-state index is 11.6. The van der Waals surface area contributed by atoms with Crippen molar-refractivity contribution in [2.75, 3.05) is 20.3 Å². The zero-order chi connectivity index (χ0) is 23.4. The SMILES string of the molecule is CCCCCC1(CC[C@@H]2[C@@H](C/C=C\CCCC(=O)OC)[C@@H](OC(C)=O)C[C@H]2O)OCCO1. The molecule has 0 bridgehead atoms. The van der Waals surface area contributed by atoms with Gasteiger partial charge in [0.1, 0.15) is 6.10 Å². The van der Waals surface area contributed by atoms with Crippen molar-refractivity contribution in [3.8, 4) is 0 Å². The summed E-state index contributed by atoms with van der Waals surface area (Å²) in [7, 11) is 1.40. The average Bonchev–Trinajstić information content (AvgIpc) is 3.33. The van der Waals surface area contributed by atoms with Gasteiger partial charge in [-0.3, -0.25) is 9.59 Å². The van der Waals surface area contributed by atoms with Crippen molar-refractivity contribution in [2.45, 2.75) is 102 Å². The van der Waals surface area contributed by atoms with Crippen LogP contribution in [0.4, 0.5) is 0 Å². The van der Waals surface area contributed by atoms with E-state index in [0.717, 1.165) is 57.8 Å². The molecule has 0 unspecified atom stereocenters. The standard InChI is InChI=1S/C25H42O7/c1-4-5-10-14-25(30-16-17-31-25)15-13-20-21(23(18-22(20)27)32-19(2)26)11-8-6-7-9-12-24(28)29-3/h6,8,20-23,27H,4-5,7,9-18H2,1-3H3/b8-6-/t20-,21-,22-,23+/m1/s1. The summed E-state index contributed by atoms with van der Waals surface area (Å²) >= 11 is 0. The van der Waals surface area contributed by atoms with Crippen molar-refractivity contribution in [3.05, 3.63) is 12.2 Å². The summed E-state index contributed by atoms with van der Waals surface area (Å²) in [5, 5.41) is 10.8. The number of ether oxygens (including phenoxy) is 4. The van der Waals surface area contributed by atoms with Gasteiger partial charge in [0, 0.05) is 38.5 Å². The third-order valence-electron chi connectivity index (χ3n) is 6.70. The number of carbonyl (C=O) groups excluding carboxylic acids is 2. The van der Waals surface area contributed by atoms with Gasteiger partial charge in [-0.1, -0.05) is 31.9 Å². The molecule has 32 heavy (non-hydrogen) atoms. The van der Waals surface area contributed by atoms with E-state index < -0.39 is 11.9 Å². The van der Waals surface area contributed by atoms with E-state index in [1.165, 1.54) is 14.0 Å². The van der Waals surface area contributed by atoms with Crippen LogP contribution >= 0.6 is 0 Å². The normalized spacial score (nSPS) is 27.1. The van der Waals surface area contributed by atoms with Crippen LogP contribution in [0.2, 0.25) is 0 Å². The van der Waals surface area contributed by atoms with Crippen LogP contribution in [0.15, 0.2) is 12.2 Å². The molecule has 1 saturated carbocycles. The van der Waals surface area contributed by atoms with E-state index in [9.17, 15) is 14.7 Å². The zero-order valence-corrected chi connectivity index (χ0v) is 20.1. The molecule has 0 radical (unpaired) electrons. The number of rotatable bonds is 14. The minimum atomic E-state index is -0.539. The van der Waals surface area contributed by atoms with E-state index in [4.69, 9.17) is 14.2 Å². The molecule has 2 rings (SSSR count). The van der Waals surface area contributed by atoms with Crippen LogP contribution in [-0.2, 0) is 28.5 Å². The molecule has 1 saturated heterocycles. The van der Waals surface area contributed by atoms with E-state index in [1.54, 1.807) is 0 Å². The maximum Gasteiger partial charge on any atom is 0.305 e. The van der Waals surface area contributed by atoms with Crippen LogP contribution in [0, 0.1) is 11.8 Å². The quantitative estimate of drug-likeness (QED) is 0.238. The van der Waals surface area contributed by atoms with E-state index >= 15 is 0 Å². The first-order valence-electron chi connectivity index (χ1n) is 12.3. The molecular formula is C25H42O7. The smallest absolute Gasteiger partial charge is 0.305 e. The van der Waals surface area contributed by atoms with Crippen molar-refractivity contribution >= 4 is 11.9 Å². The van der Waals surface area contributed by atoms with Crippen LogP contribution in [0.1, 0.15) is 84.5 Å². The lowest BCUT2D eigenvalue weighted by molar-refractivity contribution is -0.172. The highest BCUT2D eigenvalue weighted by molar-refractivity contribution is 5.69. The Bertz CT molecular complexity index is 597. The molecule has 1 N–H and O–H groups in total. The highest BCUT2D eigenvalue weighted by Gasteiger charge is 2.45. The molecular weight excluding hydrogens is 412 g/mol. The first-order chi connectivity index (χ1) is 15.4. The van der Waals surface area contributed by atoms with Gasteiger partial charge < -0.3 is 24.1 Å². The summed E-state index contributed by atoms with van der Waals surface area (Å²) in [6.45, 7) is 4.84. The Hall–Kier alpha value is -1.44. The van der Waals surface area contributed by atoms with Gasteiger partial charge in [-0.25, -0.2) is 0 Å². The highest BCUT2D eigenvalue weighted by Crippen LogP contribution is 2.42. The maximum atomic E-state index is 11.6. The second kappa shape index (κ2) is 14.0. The number of aliphatic hydroxyl groups is 1. The van der Waals surface area contributed by atoms with E-state index in [0.29, 0.717) is 26.1 Å². The van der Waals surface area contributed by atoms with E-state index in [-0.39, 0.29) is 29.9 Å². The summed E-state index contributed by atoms with van der Waals surface area (Å²) in [6, 6.07) is 0. The van der Waals surface area contributed by atoms with Crippen molar-refractivity contribution < 1.29 is 33.6 Å². The number of esters is 2. The molecule has 184 valence electrons. The van der Waals surface area contributed by atoms with Crippen LogP contribution < -0.4 is 0 Å². The number of carbonyl (C=O) groups is 2. The van der Waals surface area contributed by atoms with Crippen molar-refractivity contribution in [3.63, 3.8) is 0 Å². The number of hydrogen-bond acceptors (Lipinski definition) is 7. The third-order valence-corrected chi connectivity index (χ3v) is 6.70. The van der Waals surface area contributed by atoms with Gasteiger partial charge in [0.25, 0.3) is 0 Å². The fourth-order valence-electron chi connectivity index (χ4n) is 5.01. The number of hydrogen-bond donors (Lipinski definition) is 1. The fourth-order valence-corrected chi connectivity index (χ4v) is 5.01. The van der Waals surface area contributed by atoms with Crippen molar-refractivity contribution in [1.29, 1.82) is 0 Å². The second-order valence-electron chi connectivity index (χ2n) is 9.06. The summed E-state index contributed by atoms with van der Waals surface area (Å²) in [4.78, 5) is 22.9. The average molecular weight is 455 g/mol. The van der Waals surface area contributed by atoms with E-state index in [1.807, 2.05) is 0 Å². The lowest BCUT2D eigenvalue weighted by atomic mass is 9.85. The van der Waals surface area contributed by atoms with Crippen molar-refractivity contribution in [2.24, 2.45) is 11.8 Å². The number of aliphatic hydroxyl groups excluding tert-OH is 1. The number of unbranched alkanes of at least 4 members (excludes halogenated alkanes) is 3. The monoisotopic (exact) mass is 454 g/mol. The van der Waals surface area contributed by atoms with Crippen LogP contribution in [0.5, 0.6) is 0 Å². The lowest BCUT2D eigenvalue weighted by Crippen LogP contribution is -2.33. The van der Waals surface area contributed by atoms with Gasteiger partial charge >= 0.3 is 11.9 Å². The Balaban J connectivity index is 1.95. The van der Waals surface area contributed by atoms with Gasteiger partial charge in [0.15, 0.2) is 5.79 Å². The van der Waals surface area contributed by atoms with Gasteiger partial charge in [0.05, 0.1) is 26.4 Å². The molecule has 2 fully saturated rings. The molecule has 4 atom stereocenters. The first kappa shape index (κ1) is 26.8. The molecule has 0 aromatic rings. The molecule has 0 aromatic carbocycles. The Morgan fingerprint density at radius 1 is 1.09 bits per heavy atom. The topological polar surface area (TPSA) is 91.3 Å². The van der Waals surface area contributed by atoms with Gasteiger partial charge in [-0.15, -0.1) is 0 Å². The van der Waals surface area contributed by atoms with Crippen molar-refractivity contribution in [1.82, 2.24) is 0 Å². The Kier molecular flexibility index (Phi) is 11.7. The molecule has 7 nitrogen and oxygen atoms in total. The fraction of sp³-hybridized carbons (Fsp3) is 0.840. The summed E-state index contributed by atoms with van der Waals surface area (Å²) < 4.78 is 22.3. The second-order valence-corrected chi connectivity index (χ2v) is 9.06. The Morgan fingerprint density at radius 2 is 1.84 bits per heavy atom. The molecule has 0 spiro atoms. The molecule has 0 aromatic heterocycles. The van der Waals surface area contributed by atoms with E-state index in [2.05, 4.69) is 23.8 Å². The molecule has 1 aliphatic heterocycles. The molecule has 0 amide bonds. The number of allylic oxidation sites excluding steroid dienone is 2. The minimum absolute atomic E-state index is 0.0231. The molecule has 2 aliphatic rings. The van der Waals surface area contributed by atoms with Crippen LogP contribution in [0.3, 0.4) is 0 Å². The van der Waals surface area contributed by atoms with Gasteiger partial charge in [0.2, 0.25) is 0 Å². The molecule has 1 heterocycles. The Labute approximate surface area is 192 Å². The van der Waals surface area contributed by atoms with Gasteiger partial charge in [-0.2, -0.15) is 0 Å². The predicted octanol–water partition coefficient (Wildman–Crippen LogP) is 4.31. The minimum Gasteiger partial charge on any atom is -0.469 e. The van der Waals surface area contributed by atoms with Gasteiger partial charge in [-0.05, 0) is 38.0 Å². The first-order valence-corrected chi connectivity index (χ1v) is 12.3. The molecule has 1 aliphatic carbocycles. The predicted molar refractivity (Wildman–Crippen MR) is 121 cm³/mol. The Morgan fingerprint density at radius 3 is 2.50 bits per heavy atom. The molecule has 7 heteroatoms. The van der Waals surface area contributed by atoms with Crippen LogP contribution in [0.25, 0.3) is 0 Å². The lowest BCUT2D eigenvalue weighted by Gasteiger charge is -2.31. The summed E-state index contributed by atoms with van der Waals surface area (Å²) in [5.74, 6) is -0.970.